The monoisotopic (exact) mass is 282 g/mol. The van der Waals surface area contributed by atoms with Crippen molar-refractivity contribution in [1.82, 2.24) is 5.32 Å². The van der Waals surface area contributed by atoms with Gasteiger partial charge in [-0.1, -0.05) is 41.9 Å². The molecule has 0 unspecified atom stereocenters. The number of hydrogen-bond acceptors (Lipinski definition) is 4. The summed E-state index contributed by atoms with van der Waals surface area (Å²) >= 11 is 5.73. The zero-order valence-electron chi connectivity index (χ0n) is 10.5. The average Bonchev–Trinajstić information content (AvgIpc) is 2.45. The first kappa shape index (κ1) is 15.2. The van der Waals surface area contributed by atoms with Crippen LogP contribution in [0.5, 0.6) is 0 Å². The summed E-state index contributed by atoms with van der Waals surface area (Å²) in [6.07, 6.45) is 0.868. The lowest BCUT2D eigenvalue weighted by molar-refractivity contribution is -0.118. The molecule has 0 aliphatic rings. The van der Waals surface area contributed by atoms with Gasteiger partial charge in [-0.15, -0.1) is 0 Å². The molecule has 0 radical (unpaired) electrons. The van der Waals surface area contributed by atoms with Gasteiger partial charge >= 0.3 is 0 Å². The molecule has 0 aliphatic heterocycles. The van der Waals surface area contributed by atoms with Gasteiger partial charge in [-0.25, -0.2) is 0 Å². The first-order chi connectivity index (χ1) is 9.19. The maximum absolute atomic E-state index is 11.5. The molecule has 6 heteroatoms. The molecule has 102 valence electrons. The van der Waals surface area contributed by atoms with Gasteiger partial charge in [0.15, 0.2) is 5.76 Å². The van der Waals surface area contributed by atoms with E-state index in [0.717, 1.165) is 11.8 Å². The van der Waals surface area contributed by atoms with Gasteiger partial charge in [-0.2, -0.15) is 0 Å². The third-order valence-corrected chi connectivity index (χ3v) is 2.57. The maximum Gasteiger partial charge on any atom is 0.268 e. The third-order valence-electron chi connectivity index (χ3n) is 2.21. The zero-order valence-corrected chi connectivity index (χ0v) is 11.2. The number of allylic oxidation sites excluding steroid dienone is 1. The molecular weight excluding hydrogens is 268 g/mol. The van der Waals surface area contributed by atoms with Crippen LogP contribution < -0.4 is 5.32 Å². The van der Waals surface area contributed by atoms with E-state index >= 15 is 0 Å². The van der Waals surface area contributed by atoms with Crippen molar-refractivity contribution in [2.45, 2.75) is 6.61 Å². The lowest BCUT2D eigenvalue weighted by Crippen LogP contribution is -2.27. The van der Waals surface area contributed by atoms with Crippen LogP contribution in [0.25, 0.3) is 0 Å². The van der Waals surface area contributed by atoms with E-state index in [-0.39, 0.29) is 17.5 Å². The molecule has 0 saturated heterocycles. The fourth-order valence-electron chi connectivity index (χ4n) is 1.26. The molecule has 2 N–H and O–H groups in total. The van der Waals surface area contributed by atoms with Crippen LogP contribution in [-0.2, 0) is 20.9 Å². The van der Waals surface area contributed by atoms with Crippen LogP contribution in [0.3, 0.4) is 0 Å². The molecule has 1 aromatic rings. The molecule has 0 aromatic heterocycles. The van der Waals surface area contributed by atoms with E-state index in [4.69, 9.17) is 26.5 Å². The highest BCUT2D eigenvalue weighted by atomic mass is 35.5. The summed E-state index contributed by atoms with van der Waals surface area (Å²) in [5.74, 6) is -0.544. The number of rotatable bonds is 7. The fourth-order valence-corrected chi connectivity index (χ4v) is 1.46. The van der Waals surface area contributed by atoms with E-state index < -0.39 is 5.91 Å². The molecule has 0 spiro atoms. The Morgan fingerprint density at radius 3 is 2.68 bits per heavy atom. The molecule has 0 fully saturated rings. The largest absolute Gasteiger partial charge is 0.493 e. The fraction of sp³-hybridized carbons (Fsp3) is 0.231. The second-order valence-electron chi connectivity index (χ2n) is 3.51. The second kappa shape index (κ2) is 8.29. The SMILES string of the molecule is CO/C(C=N)=C(\Cl)C(=O)NCOCc1ccccc1. The average molecular weight is 283 g/mol. The van der Waals surface area contributed by atoms with E-state index in [9.17, 15) is 4.79 Å². The highest BCUT2D eigenvalue weighted by Crippen LogP contribution is 2.08. The molecule has 0 bridgehead atoms. The number of amides is 1. The Hall–Kier alpha value is -1.85. The first-order valence-corrected chi connectivity index (χ1v) is 5.91. The molecule has 1 amide bonds. The molecule has 1 rings (SSSR count). The standard InChI is InChI=1S/C13H15ClN2O3/c1-18-11(7-15)12(14)13(17)16-9-19-8-10-5-3-2-4-6-10/h2-7,15H,8-9H2,1H3,(H,16,17)/b12-11-,15-7?. The molecule has 0 aliphatic carbocycles. The molecular formula is C13H15ClN2O3. The molecule has 0 atom stereocenters. The van der Waals surface area contributed by atoms with Crippen LogP contribution in [0.2, 0.25) is 0 Å². The molecule has 0 saturated carbocycles. The van der Waals surface area contributed by atoms with Gasteiger partial charge in [0, 0.05) is 0 Å². The van der Waals surface area contributed by atoms with Crippen molar-refractivity contribution >= 4 is 23.7 Å². The van der Waals surface area contributed by atoms with Crippen LogP contribution >= 0.6 is 11.6 Å². The quantitative estimate of drug-likeness (QED) is 0.264. The van der Waals surface area contributed by atoms with Crippen molar-refractivity contribution in [3.63, 3.8) is 0 Å². The summed E-state index contributed by atoms with van der Waals surface area (Å²) in [6.45, 7) is 0.420. The van der Waals surface area contributed by atoms with Crippen molar-refractivity contribution in [2.75, 3.05) is 13.8 Å². The predicted octanol–water partition coefficient (Wildman–Crippen LogP) is 2.02. The van der Waals surface area contributed by atoms with Crippen LogP contribution in [0.4, 0.5) is 0 Å². The van der Waals surface area contributed by atoms with Crippen molar-refractivity contribution in [3.05, 3.63) is 46.7 Å². The molecule has 0 heterocycles. The topological polar surface area (TPSA) is 71.4 Å². The number of carbonyl (C=O) groups excluding carboxylic acids is 1. The Kier molecular flexibility index (Phi) is 6.63. The molecule has 19 heavy (non-hydrogen) atoms. The molecule has 5 nitrogen and oxygen atoms in total. The summed E-state index contributed by atoms with van der Waals surface area (Å²) in [5, 5.41) is 9.29. The van der Waals surface area contributed by atoms with Gasteiger partial charge < -0.3 is 20.2 Å². The van der Waals surface area contributed by atoms with E-state index in [2.05, 4.69) is 5.32 Å². The van der Waals surface area contributed by atoms with E-state index in [1.807, 2.05) is 30.3 Å². The smallest absolute Gasteiger partial charge is 0.268 e. The molecule has 1 aromatic carbocycles. The van der Waals surface area contributed by atoms with Gasteiger partial charge in [-0.3, -0.25) is 4.79 Å². The number of methoxy groups -OCH3 is 1. The summed E-state index contributed by atoms with van der Waals surface area (Å²) < 4.78 is 10.0. The minimum Gasteiger partial charge on any atom is -0.493 e. The number of nitrogens with one attached hydrogen (secondary N) is 2. The highest BCUT2D eigenvalue weighted by molar-refractivity contribution is 6.43. The van der Waals surface area contributed by atoms with E-state index in [1.165, 1.54) is 7.11 Å². The number of carbonyl (C=O) groups is 1. The van der Waals surface area contributed by atoms with Gasteiger partial charge in [0.25, 0.3) is 5.91 Å². The highest BCUT2D eigenvalue weighted by Gasteiger charge is 2.11. The Labute approximate surface area is 116 Å². The normalized spacial score (nSPS) is 11.5. The summed E-state index contributed by atoms with van der Waals surface area (Å²) in [6, 6.07) is 9.58. The summed E-state index contributed by atoms with van der Waals surface area (Å²) in [4.78, 5) is 11.5. The van der Waals surface area contributed by atoms with E-state index in [1.54, 1.807) is 0 Å². The van der Waals surface area contributed by atoms with Crippen LogP contribution in [-0.4, -0.2) is 26.0 Å². The van der Waals surface area contributed by atoms with Crippen molar-refractivity contribution in [2.24, 2.45) is 0 Å². The van der Waals surface area contributed by atoms with Gasteiger partial charge in [0.05, 0.1) is 19.9 Å². The van der Waals surface area contributed by atoms with Gasteiger partial charge in [0.1, 0.15) is 11.8 Å². The minimum absolute atomic E-state index is 0.00206. The van der Waals surface area contributed by atoms with Crippen molar-refractivity contribution < 1.29 is 14.3 Å². The van der Waals surface area contributed by atoms with Crippen LogP contribution in [0.1, 0.15) is 5.56 Å². The lowest BCUT2D eigenvalue weighted by Gasteiger charge is -2.07. The lowest BCUT2D eigenvalue weighted by atomic mass is 10.2. The maximum atomic E-state index is 11.5. The Bertz CT molecular complexity index is 460. The number of hydrogen-bond donors (Lipinski definition) is 2. The van der Waals surface area contributed by atoms with Crippen molar-refractivity contribution in [3.8, 4) is 0 Å². The summed E-state index contributed by atoms with van der Waals surface area (Å²) in [5.41, 5.74) is 1.01. The van der Waals surface area contributed by atoms with Crippen LogP contribution in [0.15, 0.2) is 41.1 Å². The minimum atomic E-state index is -0.546. The van der Waals surface area contributed by atoms with Gasteiger partial charge in [-0.05, 0) is 5.56 Å². The van der Waals surface area contributed by atoms with Gasteiger partial charge in [0.2, 0.25) is 0 Å². The second-order valence-corrected chi connectivity index (χ2v) is 3.89. The Balaban J connectivity index is 2.35. The Morgan fingerprint density at radius 1 is 1.42 bits per heavy atom. The van der Waals surface area contributed by atoms with Crippen LogP contribution in [0, 0.1) is 5.41 Å². The number of ether oxygens (including phenoxy) is 2. The first-order valence-electron chi connectivity index (χ1n) is 5.53. The third kappa shape index (κ3) is 5.11. The van der Waals surface area contributed by atoms with E-state index in [0.29, 0.717) is 6.61 Å². The summed E-state index contributed by atoms with van der Waals surface area (Å²) in [7, 11) is 1.34. The number of benzene rings is 1. The zero-order chi connectivity index (χ0) is 14.1. The predicted molar refractivity (Wildman–Crippen MR) is 72.9 cm³/mol. The number of halogens is 1. The Morgan fingerprint density at radius 2 is 2.11 bits per heavy atom. The van der Waals surface area contributed by atoms with Crippen molar-refractivity contribution in [1.29, 1.82) is 5.41 Å².